The van der Waals surface area contributed by atoms with E-state index in [9.17, 15) is 14.4 Å². The molecular formula is C21H23N3O4. The molecule has 0 aliphatic carbocycles. The van der Waals surface area contributed by atoms with Crippen LogP contribution in [0.4, 0.5) is 17.1 Å². The van der Waals surface area contributed by atoms with Crippen molar-refractivity contribution in [2.45, 2.75) is 20.3 Å². The monoisotopic (exact) mass is 381 g/mol. The summed E-state index contributed by atoms with van der Waals surface area (Å²) in [6.07, 6.45) is 0.132. The SMILES string of the molecule is CCOc1ccccc1NC(=O)C1CC(=O)N(c2cccc(NC(C)=O)c2)C1. The maximum Gasteiger partial charge on any atom is 0.229 e. The highest BCUT2D eigenvalue weighted by Crippen LogP contribution is 2.29. The fraction of sp³-hybridized carbons (Fsp3) is 0.286. The van der Waals surface area contributed by atoms with Gasteiger partial charge in [0.1, 0.15) is 5.75 Å². The van der Waals surface area contributed by atoms with Crippen molar-refractivity contribution >= 4 is 34.8 Å². The Hall–Kier alpha value is -3.35. The van der Waals surface area contributed by atoms with Crippen LogP contribution in [-0.2, 0) is 14.4 Å². The number of hydrogen-bond acceptors (Lipinski definition) is 4. The molecule has 7 heteroatoms. The summed E-state index contributed by atoms with van der Waals surface area (Å²) in [6, 6.07) is 14.2. The van der Waals surface area contributed by atoms with Gasteiger partial charge < -0.3 is 20.3 Å². The van der Waals surface area contributed by atoms with Crippen LogP contribution in [-0.4, -0.2) is 30.9 Å². The van der Waals surface area contributed by atoms with Crippen LogP contribution in [0.3, 0.4) is 0 Å². The molecule has 1 aliphatic rings. The van der Waals surface area contributed by atoms with E-state index in [0.29, 0.717) is 29.4 Å². The molecule has 28 heavy (non-hydrogen) atoms. The van der Waals surface area contributed by atoms with Gasteiger partial charge in [0.25, 0.3) is 0 Å². The highest BCUT2D eigenvalue weighted by atomic mass is 16.5. The Labute approximate surface area is 163 Å². The second-order valence-corrected chi connectivity index (χ2v) is 6.56. The Balaban J connectivity index is 1.71. The molecule has 3 rings (SSSR count). The summed E-state index contributed by atoms with van der Waals surface area (Å²) >= 11 is 0. The highest BCUT2D eigenvalue weighted by molar-refractivity contribution is 6.04. The largest absolute Gasteiger partial charge is 0.492 e. The van der Waals surface area contributed by atoms with Crippen LogP contribution in [0.15, 0.2) is 48.5 Å². The maximum absolute atomic E-state index is 12.7. The van der Waals surface area contributed by atoms with Gasteiger partial charge in [0, 0.05) is 31.3 Å². The zero-order valence-corrected chi connectivity index (χ0v) is 15.9. The topological polar surface area (TPSA) is 87.7 Å². The van der Waals surface area contributed by atoms with Crippen LogP contribution in [0, 0.1) is 5.92 Å². The molecule has 146 valence electrons. The van der Waals surface area contributed by atoms with E-state index >= 15 is 0 Å². The lowest BCUT2D eigenvalue weighted by atomic mass is 10.1. The molecule has 2 aromatic rings. The first-order valence-electron chi connectivity index (χ1n) is 9.18. The van der Waals surface area contributed by atoms with Gasteiger partial charge in [-0.05, 0) is 37.3 Å². The number of nitrogens with zero attached hydrogens (tertiary/aromatic N) is 1. The number of ether oxygens (including phenoxy) is 1. The number of carbonyl (C=O) groups excluding carboxylic acids is 3. The van der Waals surface area contributed by atoms with E-state index in [2.05, 4.69) is 10.6 Å². The Morgan fingerprint density at radius 1 is 1.14 bits per heavy atom. The van der Waals surface area contributed by atoms with Gasteiger partial charge in [-0.1, -0.05) is 18.2 Å². The first kappa shape index (κ1) is 19.4. The van der Waals surface area contributed by atoms with Crippen molar-refractivity contribution < 1.29 is 19.1 Å². The lowest BCUT2D eigenvalue weighted by Crippen LogP contribution is -2.28. The molecule has 1 aliphatic heterocycles. The van der Waals surface area contributed by atoms with E-state index in [0.717, 1.165) is 0 Å². The summed E-state index contributed by atoms with van der Waals surface area (Å²) in [5.74, 6) is -0.400. The fourth-order valence-electron chi connectivity index (χ4n) is 3.17. The molecule has 1 saturated heterocycles. The van der Waals surface area contributed by atoms with Gasteiger partial charge in [0.2, 0.25) is 17.7 Å². The molecule has 0 bridgehead atoms. The highest BCUT2D eigenvalue weighted by Gasteiger charge is 2.35. The summed E-state index contributed by atoms with van der Waals surface area (Å²) < 4.78 is 5.53. The Morgan fingerprint density at radius 3 is 2.68 bits per heavy atom. The minimum atomic E-state index is -0.466. The van der Waals surface area contributed by atoms with Crippen molar-refractivity contribution in [1.29, 1.82) is 0 Å². The van der Waals surface area contributed by atoms with E-state index in [4.69, 9.17) is 4.74 Å². The number of anilines is 3. The molecule has 7 nitrogen and oxygen atoms in total. The number of hydrogen-bond donors (Lipinski definition) is 2. The van der Waals surface area contributed by atoms with Crippen LogP contribution in [0.5, 0.6) is 5.75 Å². The van der Waals surface area contributed by atoms with Crippen molar-refractivity contribution in [2.75, 3.05) is 28.7 Å². The third-order valence-electron chi connectivity index (χ3n) is 4.42. The zero-order chi connectivity index (χ0) is 20.1. The number of rotatable bonds is 6. The molecule has 2 N–H and O–H groups in total. The predicted molar refractivity (Wildman–Crippen MR) is 107 cm³/mol. The molecule has 2 aromatic carbocycles. The van der Waals surface area contributed by atoms with Gasteiger partial charge >= 0.3 is 0 Å². The third-order valence-corrected chi connectivity index (χ3v) is 4.42. The maximum atomic E-state index is 12.7. The summed E-state index contributed by atoms with van der Waals surface area (Å²) in [4.78, 5) is 38.0. The zero-order valence-electron chi connectivity index (χ0n) is 15.9. The molecule has 3 amide bonds. The average molecular weight is 381 g/mol. The van der Waals surface area contributed by atoms with E-state index in [1.807, 2.05) is 19.1 Å². The van der Waals surface area contributed by atoms with Gasteiger partial charge in [-0.15, -0.1) is 0 Å². The fourth-order valence-corrected chi connectivity index (χ4v) is 3.17. The quantitative estimate of drug-likeness (QED) is 0.805. The van der Waals surface area contributed by atoms with Crippen LogP contribution < -0.4 is 20.3 Å². The number of nitrogens with one attached hydrogen (secondary N) is 2. The van der Waals surface area contributed by atoms with Crippen LogP contribution in [0.25, 0.3) is 0 Å². The standard InChI is InChI=1S/C21H23N3O4/c1-3-28-19-10-5-4-9-18(19)23-21(27)15-11-20(26)24(13-15)17-8-6-7-16(12-17)22-14(2)25/h4-10,12,15H,3,11,13H2,1-2H3,(H,22,25)(H,23,27). The molecular weight excluding hydrogens is 358 g/mol. The van der Waals surface area contributed by atoms with Crippen LogP contribution in [0.2, 0.25) is 0 Å². The first-order chi connectivity index (χ1) is 13.5. The Bertz CT molecular complexity index is 897. The number of para-hydroxylation sites is 2. The summed E-state index contributed by atoms with van der Waals surface area (Å²) in [5, 5.41) is 5.57. The van der Waals surface area contributed by atoms with Crippen LogP contribution >= 0.6 is 0 Å². The Morgan fingerprint density at radius 2 is 1.93 bits per heavy atom. The molecule has 0 aromatic heterocycles. The summed E-state index contributed by atoms with van der Waals surface area (Å²) in [7, 11) is 0. The molecule has 1 unspecified atom stereocenters. The number of amides is 3. The second kappa shape index (κ2) is 8.56. The minimum Gasteiger partial charge on any atom is -0.492 e. The van der Waals surface area contributed by atoms with Crippen molar-refractivity contribution in [1.82, 2.24) is 0 Å². The third kappa shape index (κ3) is 4.49. The normalized spacial score (nSPS) is 16.0. The van der Waals surface area contributed by atoms with Gasteiger partial charge in [0.15, 0.2) is 0 Å². The lowest BCUT2D eigenvalue weighted by molar-refractivity contribution is -0.122. The number of carbonyl (C=O) groups is 3. The molecule has 0 saturated carbocycles. The lowest BCUT2D eigenvalue weighted by Gasteiger charge is -2.18. The van der Waals surface area contributed by atoms with Crippen molar-refractivity contribution in [3.8, 4) is 5.75 Å². The minimum absolute atomic E-state index is 0.127. The van der Waals surface area contributed by atoms with Crippen molar-refractivity contribution in [3.05, 3.63) is 48.5 Å². The van der Waals surface area contributed by atoms with E-state index in [1.54, 1.807) is 41.3 Å². The number of benzene rings is 2. The van der Waals surface area contributed by atoms with E-state index < -0.39 is 5.92 Å². The van der Waals surface area contributed by atoms with Gasteiger partial charge in [-0.2, -0.15) is 0 Å². The summed E-state index contributed by atoms with van der Waals surface area (Å²) in [5.41, 5.74) is 1.85. The molecule has 1 heterocycles. The first-order valence-corrected chi connectivity index (χ1v) is 9.18. The van der Waals surface area contributed by atoms with Crippen molar-refractivity contribution in [3.63, 3.8) is 0 Å². The molecule has 0 spiro atoms. The van der Waals surface area contributed by atoms with Gasteiger partial charge in [0.05, 0.1) is 18.2 Å². The van der Waals surface area contributed by atoms with Gasteiger partial charge in [-0.25, -0.2) is 0 Å². The van der Waals surface area contributed by atoms with Crippen LogP contribution in [0.1, 0.15) is 20.3 Å². The summed E-state index contributed by atoms with van der Waals surface area (Å²) in [6.45, 7) is 4.08. The Kier molecular flexibility index (Phi) is 5.93. The molecule has 0 radical (unpaired) electrons. The molecule has 1 fully saturated rings. The van der Waals surface area contributed by atoms with E-state index in [-0.39, 0.29) is 30.7 Å². The van der Waals surface area contributed by atoms with Crippen molar-refractivity contribution in [2.24, 2.45) is 5.92 Å². The van der Waals surface area contributed by atoms with Gasteiger partial charge in [-0.3, -0.25) is 14.4 Å². The average Bonchev–Trinajstić information content (AvgIpc) is 3.05. The van der Waals surface area contributed by atoms with E-state index in [1.165, 1.54) is 6.92 Å². The second-order valence-electron chi connectivity index (χ2n) is 6.56. The molecule has 1 atom stereocenters. The smallest absolute Gasteiger partial charge is 0.229 e. The predicted octanol–water partition coefficient (Wildman–Crippen LogP) is 3.04.